The monoisotopic (exact) mass is 367 g/mol. The number of amides is 1. The molecule has 0 aliphatic carbocycles. The molecule has 2 bridgehead atoms. The molecule has 144 valence electrons. The van der Waals surface area contributed by atoms with Crippen molar-refractivity contribution in [3.8, 4) is 0 Å². The van der Waals surface area contributed by atoms with Gasteiger partial charge in [0.25, 0.3) is 11.5 Å². The molecule has 1 amide bonds. The smallest absolute Gasteiger partial charge is 0.264 e. The molecule has 0 spiro atoms. The molecule has 1 N–H and O–H groups in total. The summed E-state index contributed by atoms with van der Waals surface area (Å²) in [6.07, 6.45) is 5.64. The van der Waals surface area contributed by atoms with Crippen LogP contribution in [0.2, 0.25) is 0 Å². The highest BCUT2D eigenvalue weighted by Crippen LogP contribution is 2.32. The van der Waals surface area contributed by atoms with E-state index in [4.69, 9.17) is 0 Å². The van der Waals surface area contributed by atoms with E-state index in [9.17, 15) is 9.59 Å². The topological polar surface area (TPSA) is 54.3 Å². The highest BCUT2D eigenvalue weighted by atomic mass is 16.2. The number of nitrogens with one attached hydrogen (secondary N) is 1. The summed E-state index contributed by atoms with van der Waals surface area (Å²) >= 11 is 0. The third-order valence-electron chi connectivity index (χ3n) is 6.38. The zero-order valence-electron chi connectivity index (χ0n) is 16.4. The van der Waals surface area contributed by atoms with Crippen molar-refractivity contribution in [2.24, 2.45) is 0 Å². The Kier molecular flexibility index (Phi) is 4.81. The number of carbonyl (C=O) groups is 1. The molecule has 4 rings (SSSR count). The molecule has 27 heavy (non-hydrogen) atoms. The number of nitrogens with zero attached hydrogens (tertiary/aromatic N) is 2. The lowest BCUT2D eigenvalue weighted by Gasteiger charge is -2.47. The summed E-state index contributed by atoms with van der Waals surface area (Å²) in [6.45, 7) is 3.96. The van der Waals surface area contributed by atoms with Gasteiger partial charge in [0.05, 0.1) is 5.52 Å². The number of hydrogen-bond donors (Lipinski definition) is 1. The molecular weight excluding hydrogens is 338 g/mol. The Bertz CT molecular complexity index is 903. The molecule has 2 fully saturated rings. The summed E-state index contributed by atoms with van der Waals surface area (Å²) in [4.78, 5) is 28.5. The summed E-state index contributed by atoms with van der Waals surface area (Å²) in [6, 6.07) is 10.8. The molecule has 3 heterocycles. The Balaban J connectivity index is 1.63. The number of rotatable bonds is 3. The lowest BCUT2D eigenvalue weighted by atomic mass is 9.82. The first kappa shape index (κ1) is 18.2. The van der Waals surface area contributed by atoms with Gasteiger partial charge in [-0.05, 0) is 64.1 Å². The van der Waals surface area contributed by atoms with Crippen molar-refractivity contribution in [2.75, 3.05) is 7.05 Å². The quantitative estimate of drug-likeness (QED) is 0.905. The highest BCUT2D eigenvalue weighted by Gasteiger charge is 2.36. The average molecular weight is 367 g/mol. The summed E-state index contributed by atoms with van der Waals surface area (Å²) < 4.78 is 1.73. The summed E-state index contributed by atoms with van der Waals surface area (Å²) in [5.41, 5.74) is 0.934. The van der Waals surface area contributed by atoms with Gasteiger partial charge in [0.1, 0.15) is 5.56 Å². The lowest BCUT2D eigenvalue weighted by molar-refractivity contribution is 0.0462. The van der Waals surface area contributed by atoms with Gasteiger partial charge in [-0.15, -0.1) is 0 Å². The van der Waals surface area contributed by atoms with Crippen molar-refractivity contribution in [1.82, 2.24) is 14.8 Å². The van der Waals surface area contributed by atoms with E-state index in [1.807, 2.05) is 38.1 Å². The van der Waals surface area contributed by atoms with E-state index < -0.39 is 0 Å². The minimum Gasteiger partial charge on any atom is -0.349 e. The molecule has 2 saturated heterocycles. The number of carbonyl (C=O) groups excluding carboxylic acids is 1. The van der Waals surface area contributed by atoms with E-state index in [-0.39, 0.29) is 29.1 Å². The molecule has 2 aliphatic rings. The Morgan fingerprint density at radius 1 is 1.15 bits per heavy atom. The van der Waals surface area contributed by atoms with Gasteiger partial charge in [-0.25, -0.2) is 0 Å². The molecule has 5 heteroatoms. The molecular formula is C22H29N3O2. The van der Waals surface area contributed by atoms with Crippen molar-refractivity contribution in [2.45, 2.75) is 70.1 Å². The van der Waals surface area contributed by atoms with E-state index in [2.05, 4.69) is 17.3 Å². The third-order valence-corrected chi connectivity index (χ3v) is 6.38. The molecule has 1 aromatic carbocycles. The van der Waals surface area contributed by atoms with Crippen LogP contribution in [0.1, 0.15) is 62.4 Å². The molecule has 0 radical (unpaired) electrons. The van der Waals surface area contributed by atoms with E-state index in [1.54, 1.807) is 10.6 Å². The molecule has 5 nitrogen and oxygen atoms in total. The molecule has 1 aromatic heterocycles. The second-order valence-corrected chi connectivity index (χ2v) is 8.43. The number of pyridine rings is 1. The van der Waals surface area contributed by atoms with Gasteiger partial charge in [0.2, 0.25) is 0 Å². The number of hydrogen-bond acceptors (Lipinski definition) is 3. The van der Waals surface area contributed by atoms with E-state index in [0.717, 1.165) is 23.7 Å². The fourth-order valence-electron chi connectivity index (χ4n) is 4.96. The van der Waals surface area contributed by atoms with Crippen LogP contribution in [0.25, 0.3) is 10.9 Å². The number of para-hydroxylation sites is 1. The fourth-order valence-corrected chi connectivity index (χ4v) is 4.96. The SMILES string of the molecule is CC(C)n1c(=O)c(C(=O)NC2C[C@H]3CCC[C@@H](C2)N3C)cc2ccccc21. The minimum absolute atomic E-state index is 0.00200. The van der Waals surface area contributed by atoms with Crippen LogP contribution in [0.5, 0.6) is 0 Å². The number of piperidine rings is 2. The maximum Gasteiger partial charge on any atom is 0.264 e. The first-order chi connectivity index (χ1) is 13.0. The zero-order chi connectivity index (χ0) is 19.1. The fraction of sp³-hybridized carbons (Fsp3) is 0.545. The minimum atomic E-state index is -0.229. The second-order valence-electron chi connectivity index (χ2n) is 8.43. The van der Waals surface area contributed by atoms with Crippen LogP contribution < -0.4 is 10.9 Å². The van der Waals surface area contributed by atoms with Crippen LogP contribution in [0, 0.1) is 0 Å². The van der Waals surface area contributed by atoms with Crippen molar-refractivity contribution in [1.29, 1.82) is 0 Å². The predicted molar refractivity (Wildman–Crippen MR) is 108 cm³/mol. The van der Waals surface area contributed by atoms with Gasteiger partial charge in [0.15, 0.2) is 0 Å². The normalized spacial score (nSPS) is 25.7. The average Bonchev–Trinajstić information content (AvgIpc) is 2.61. The van der Waals surface area contributed by atoms with Crippen LogP contribution in [-0.4, -0.2) is 40.5 Å². The molecule has 3 atom stereocenters. The standard InChI is InChI=1S/C22H29N3O2/c1-14(2)25-20-10-5-4-7-15(20)11-19(22(25)27)21(26)23-16-12-17-8-6-9-18(13-16)24(17)3/h4-5,7,10-11,14,16-18H,6,8-9,12-13H2,1-3H3,(H,23,26)/t16?,17-,18+. The maximum atomic E-state index is 13.0. The van der Waals surface area contributed by atoms with Crippen LogP contribution in [0.15, 0.2) is 35.1 Å². The second kappa shape index (κ2) is 7.12. The summed E-state index contributed by atoms with van der Waals surface area (Å²) in [7, 11) is 2.21. The lowest BCUT2D eigenvalue weighted by Crippen LogP contribution is -2.55. The van der Waals surface area contributed by atoms with Gasteiger partial charge in [-0.2, -0.15) is 0 Å². The van der Waals surface area contributed by atoms with Crippen LogP contribution in [0.4, 0.5) is 0 Å². The van der Waals surface area contributed by atoms with Crippen molar-refractivity contribution < 1.29 is 4.79 Å². The van der Waals surface area contributed by atoms with Crippen LogP contribution in [0.3, 0.4) is 0 Å². The van der Waals surface area contributed by atoms with Gasteiger partial charge >= 0.3 is 0 Å². The van der Waals surface area contributed by atoms with Gasteiger partial charge < -0.3 is 14.8 Å². The van der Waals surface area contributed by atoms with Crippen molar-refractivity contribution >= 4 is 16.8 Å². The van der Waals surface area contributed by atoms with Crippen molar-refractivity contribution in [3.63, 3.8) is 0 Å². The summed E-state index contributed by atoms with van der Waals surface area (Å²) in [5, 5.41) is 4.10. The largest absolute Gasteiger partial charge is 0.349 e. The number of fused-ring (bicyclic) bond motifs is 3. The third kappa shape index (κ3) is 3.29. The molecule has 0 saturated carbocycles. The predicted octanol–water partition coefficient (Wildman–Crippen LogP) is 3.33. The molecule has 2 aliphatic heterocycles. The van der Waals surface area contributed by atoms with Gasteiger partial charge in [0, 0.05) is 24.2 Å². The van der Waals surface area contributed by atoms with E-state index in [1.165, 1.54) is 19.3 Å². The highest BCUT2D eigenvalue weighted by molar-refractivity contribution is 5.97. The molecule has 2 aromatic rings. The Morgan fingerprint density at radius 2 is 1.81 bits per heavy atom. The zero-order valence-corrected chi connectivity index (χ0v) is 16.4. The molecule has 1 unspecified atom stereocenters. The van der Waals surface area contributed by atoms with Crippen LogP contribution in [-0.2, 0) is 0 Å². The Hall–Kier alpha value is -2.14. The van der Waals surface area contributed by atoms with E-state index >= 15 is 0 Å². The Labute approximate surface area is 160 Å². The first-order valence-electron chi connectivity index (χ1n) is 10.1. The van der Waals surface area contributed by atoms with Crippen molar-refractivity contribution in [3.05, 3.63) is 46.2 Å². The summed E-state index contributed by atoms with van der Waals surface area (Å²) in [5.74, 6) is -0.229. The van der Waals surface area contributed by atoms with Gasteiger partial charge in [-0.1, -0.05) is 24.6 Å². The Morgan fingerprint density at radius 3 is 2.48 bits per heavy atom. The van der Waals surface area contributed by atoms with E-state index in [0.29, 0.717) is 12.1 Å². The maximum absolute atomic E-state index is 13.0. The number of benzene rings is 1. The van der Waals surface area contributed by atoms with Crippen LogP contribution >= 0.6 is 0 Å². The number of aromatic nitrogens is 1. The first-order valence-corrected chi connectivity index (χ1v) is 10.1. The van der Waals surface area contributed by atoms with Gasteiger partial charge in [-0.3, -0.25) is 9.59 Å².